The lowest BCUT2D eigenvalue weighted by Gasteiger charge is -2.32. The van der Waals surface area contributed by atoms with E-state index in [2.05, 4.69) is 10.3 Å². The molecule has 0 aliphatic carbocycles. The largest absolute Gasteiger partial charge is 0.497 e. The molecule has 2 heterocycles. The molecule has 4 aromatic rings. The summed E-state index contributed by atoms with van der Waals surface area (Å²) in [6.45, 7) is 0.936. The van der Waals surface area contributed by atoms with E-state index in [0.29, 0.717) is 42.7 Å². The van der Waals surface area contributed by atoms with Crippen molar-refractivity contribution in [3.63, 3.8) is 0 Å². The summed E-state index contributed by atoms with van der Waals surface area (Å²) < 4.78 is 34.7. The Morgan fingerprint density at radius 1 is 1.00 bits per heavy atom. The van der Waals surface area contributed by atoms with Gasteiger partial charge in [-0.3, -0.25) is 14.4 Å². The quantitative estimate of drug-likeness (QED) is 0.409. The molecule has 1 aromatic heterocycles. The first-order valence-corrected chi connectivity index (χ1v) is 12.5. The number of rotatable bonds is 5. The lowest BCUT2D eigenvalue weighted by atomic mass is 9.89. The van der Waals surface area contributed by atoms with Gasteiger partial charge in [-0.15, -0.1) is 0 Å². The van der Waals surface area contributed by atoms with E-state index in [9.17, 15) is 23.2 Å². The first-order chi connectivity index (χ1) is 18.8. The van der Waals surface area contributed by atoms with Gasteiger partial charge in [-0.05, 0) is 48.6 Å². The molecule has 200 valence electrons. The molecular weight excluding hydrogens is 506 g/mol. The number of carbonyl (C=O) groups is 2. The van der Waals surface area contributed by atoms with Gasteiger partial charge in [-0.25, -0.2) is 13.8 Å². The van der Waals surface area contributed by atoms with Crippen molar-refractivity contribution in [1.82, 2.24) is 14.5 Å². The molecule has 39 heavy (non-hydrogen) atoms. The van der Waals surface area contributed by atoms with Gasteiger partial charge in [0.15, 0.2) is 5.69 Å². The minimum atomic E-state index is -1.01. The summed E-state index contributed by atoms with van der Waals surface area (Å²) in [5.74, 6) is -3.16. The molecule has 1 N–H and O–H groups in total. The van der Waals surface area contributed by atoms with E-state index in [-0.39, 0.29) is 23.3 Å². The number of benzene rings is 3. The number of nitrogens with one attached hydrogen (secondary N) is 1. The van der Waals surface area contributed by atoms with E-state index >= 15 is 0 Å². The standard InChI is InChI=1S/C29H26F2N4O4/c1-34-24-6-4-3-5-23(24)33-26(28(34)37)29(38)35-13-11-18(12-14-35)17-7-9-19(10-8-17)32-27(36)25-21(30)15-20(39-2)16-22(25)31/h3-10,15-16,18H,11-14H2,1-2H3,(H,32,36). The Morgan fingerprint density at radius 2 is 1.64 bits per heavy atom. The smallest absolute Gasteiger partial charge is 0.282 e. The maximum absolute atomic E-state index is 14.2. The van der Waals surface area contributed by atoms with Crippen LogP contribution in [0.4, 0.5) is 14.5 Å². The normalized spacial score (nSPS) is 13.9. The second-order valence-electron chi connectivity index (χ2n) is 9.42. The van der Waals surface area contributed by atoms with Crippen LogP contribution in [-0.4, -0.2) is 46.5 Å². The lowest BCUT2D eigenvalue weighted by Crippen LogP contribution is -2.41. The zero-order valence-electron chi connectivity index (χ0n) is 21.4. The third kappa shape index (κ3) is 5.09. The minimum Gasteiger partial charge on any atom is -0.497 e. The molecule has 1 aliphatic heterocycles. The minimum absolute atomic E-state index is 0.0188. The van der Waals surface area contributed by atoms with Crippen molar-refractivity contribution in [1.29, 1.82) is 0 Å². The summed E-state index contributed by atoms with van der Waals surface area (Å²) in [6, 6.07) is 16.1. The molecule has 0 atom stereocenters. The van der Waals surface area contributed by atoms with Gasteiger partial charge in [-0.2, -0.15) is 0 Å². The second-order valence-corrected chi connectivity index (χ2v) is 9.42. The van der Waals surface area contributed by atoms with Crippen LogP contribution in [0.25, 0.3) is 11.0 Å². The number of fused-ring (bicyclic) bond motifs is 1. The van der Waals surface area contributed by atoms with Gasteiger partial charge in [0.2, 0.25) is 0 Å². The van der Waals surface area contributed by atoms with Crippen LogP contribution in [0, 0.1) is 11.6 Å². The van der Waals surface area contributed by atoms with Crippen LogP contribution in [0.5, 0.6) is 5.75 Å². The number of aryl methyl sites for hydroxylation is 1. The zero-order chi connectivity index (χ0) is 27.7. The van der Waals surface area contributed by atoms with Crippen molar-refractivity contribution < 1.29 is 23.1 Å². The Labute approximate surface area is 222 Å². The van der Waals surface area contributed by atoms with Crippen molar-refractivity contribution in [3.05, 3.63) is 99.5 Å². The fraction of sp³-hybridized carbons (Fsp3) is 0.241. The lowest BCUT2D eigenvalue weighted by molar-refractivity contribution is 0.0704. The molecule has 0 radical (unpaired) electrons. The van der Waals surface area contributed by atoms with Crippen LogP contribution >= 0.6 is 0 Å². The van der Waals surface area contributed by atoms with Gasteiger partial charge in [-0.1, -0.05) is 24.3 Å². The molecular formula is C29H26F2N4O4. The number of likely N-dealkylation sites (tertiary alicyclic amines) is 1. The number of methoxy groups -OCH3 is 1. The Morgan fingerprint density at radius 3 is 2.28 bits per heavy atom. The fourth-order valence-corrected chi connectivity index (χ4v) is 4.90. The highest BCUT2D eigenvalue weighted by Gasteiger charge is 2.28. The molecule has 0 spiro atoms. The van der Waals surface area contributed by atoms with Crippen LogP contribution in [0.15, 0.2) is 65.5 Å². The number of piperidine rings is 1. The van der Waals surface area contributed by atoms with E-state index in [1.165, 1.54) is 11.7 Å². The van der Waals surface area contributed by atoms with Crippen molar-refractivity contribution in [2.75, 3.05) is 25.5 Å². The van der Waals surface area contributed by atoms with E-state index in [4.69, 9.17) is 4.74 Å². The van der Waals surface area contributed by atoms with Crippen molar-refractivity contribution >= 4 is 28.5 Å². The van der Waals surface area contributed by atoms with E-state index in [1.807, 2.05) is 24.3 Å². The third-order valence-electron chi connectivity index (χ3n) is 7.09. The first-order valence-electron chi connectivity index (χ1n) is 12.5. The average molecular weight is 533 g/mol. The van der Waals surface area contributed by atoms with Crippen molar-refractivity contribution in [3.8, 4) is 5.75 Å². The molecule has 0 unspecified atom stereocenters. The number of anilines is 1. The van der Waals surface area contributed by atoms with Crippen LogP contribution in [0.3, 0.4) is 0 Å². The van der Waals surface area contributed by atoms with E-state index in [0.717, 1.165) is 17.7 Å². The number of nitrogens with zero attached hydrogens (tertiary/aromatic N) is 3. The summed E-state index contributed by atoms with van der Waals surface area (Å²) in [5.41, 5.74) is 1.46. The number of hydrogen-bond donors (Lipinski definition) is 1. The van der Waals surface area contributed by atoms with E-state index in [1.54, 1.807) is 36.2 Å². The fourth-order valence-electron chi connectivity index (χ4n) is 4.90. The summed E-state index contributed by atoms with van der Waals surface area (Å²) in [5, 5.41) is 2.52. The highest BCUT2D eigenvalue weighted by atomic mass is 19.1. The monoisotopic (exact) mass is 532 g/mol. The van der Waals surface area contributed by atoms with Crippen LogP contribution in [-0.2, 0) is 7.05 Å². The molecule has 10 heteroatoms. The Kier molecular flexibility index (Phi) is 7.10. The molecule has 8 nitrogen and oxygen atoms in total. The van der Waals surface area contributed by atoms with Crippen LogP contribution in [0.1, 0.15) is 45.2 Å². The first kappa shape index (κ1) is 26.0. The summed E-state index contributed by atoms with van der Waals surface area (Å²) in [4.78, 5) is 44.4. The van der Waals surface area contributed by atoms with Gasteiger partial charge >= 0.3 is 0 Å². The SMILES string of the molecule is COc1cc(F)c(C(=O)Nc2ccc(C3CCN(C(=O)c4nc5ccccc5n(C)c4=O)CC3)cc2)c(F)c1. The molecule has 1 aliphatic rings. The number of carbonyl (C=O) groups excluding carboxylic acids is 2. The maximum atomic E-state index is 14.2. The molecule has 5 rings (SSSR count). The predicted octanol–water partition coefficient (Wildman–Crippen LogP) is 4.49. The Bertz CT molecular complexity index is 1600. The van der Waals surface area contributed by atoms with Crippen LogP contribution < -0.4 is 15.6 Å². The van der Waals surface area contributed by atoms with Crippen LogP contribution in [0.2, 0.25) is 0 Å². The second kappa shape index (κ2) is 10.6. The Hall–Kier alpha value is -4.60. The number of para-hydroxylation sites is 2. The highest BCUT2D eigenvalue weighted by Crippen LogP contribution is 2.30. The number of amides is 2. The molecule has 0 saturated carbocycles. The van der Waals surface area contributed by atoms with Gasteiger partial charge in [0.25, 0.3) is 17.4 Å². The number of hydrogen-bond acceptors (Lipinski definition) is 5. The number of ether oxygens (including phenoxy) is 1. The van der Waals surface area contributed by atoms with Gasteiger partial charge in [0.05, 0.1) is 18.1 Å². The molecule has 2 amide bonds. The third-order valence-corrected chi connectivity index (χ3v) is 7.09. The van der Waals surface area contributed by atoms with Gasteiger partial charge in [0, 0.05) is 38.0 Å². The van der Waals surface area contributed by atoms with Crippen molar-refractivity contribution in [2.24, 2.45) is 7.05 Å². The molecule has 1 saturated heterocycles. The van der Waals surface area contributed by atoms with Gasteiger partial charge in [0.1, 0.15) is 22.9 Å². The number of halogens is 2. The van der Waals surface area contributed by atoms with Crippen molar-refractivity contribution in [2.45, 2.75) is 18.8 Å². The summed E-state index contributed by atoms with van der Waals surface area (Å²) >= 11 is 0. The average Bonchev–Trinajstić information content (AvgIpc) is 2.94. The summed E-state index contributed by atoms with van der Waals surface area (Å²) in [7, 11) is 2.91. The highest BCUT2D eigenvalue weighted by molar-refractivity contribution is 6.04. The topological polar surface area (TPSA) is 93.5 Å². The van der Waals surface area contributed by atoms with Gasteiger partial charge < -0.3 is 19.5 Å². The Balaban J connectivity index is 1.23. The zero-order valence-corrected chi connectivity index (χ0v) is 21.4. The molecule has 3 aromatic carbocycles. The van der Waals surface area contributed by atoms with E-state index < -0.39 is 28.7 Å². The predicted molar refractivity (Wildman–Crippen MR) is 142 cm³/mol. The molecule has 1 fully saturated rings. The number of aromatic nitrogens is 2. The summed E-state index contributed by atoms with van der Waals surface area (Å²) in [6.07, 6.45) is 1.38. The maximum Gasteiger partial charge on any atom is 0.282 e. The molecule has 0 bridgehead atoms.